The van der Waals surface area contributed by atoms with Gasteiger partial charge in [0.05, 0.1) is 5.52 Å². The molecule has 4 nitrogen and oxygen atoms in total. The Morgan fingerprint density at radius 2 is 1.87 bits per heavy atom. The third-order valence-electron chi connectivity index (χ3n) is 3.90. The molecule has 0 aliphatic heterocycles. The maximum Gasteiger partial charge on any atom is 0.160 e. The van der Waals surface area contributed by atoms with Crippen LogP contribution < -0.4 is 10.5 Å². The van der Waals surface area contributed by atoms with Crippen LogP contribution in [0.15, 0.2) is 42.6 Å². The third kappa shape index (κ3) is 2.88. The zero-order valence-electron chi connectivity index (χ0n) is 13.4. The summed E-state index contributed by atoms with van der Waals surface area (Å²) in [4.78, 5) is 16.2. The number of ketones is 1. The van der Waals surface area contributed by atoms with E-state index in [4.69, 9.17) is 10.5 Å². The second kappa shape index (κ2) is 5.72. The Morgan fingerprint density at radius 3 is 2.57 bits per heavy atom. The monoisotopic (exact) mass is 306 g/mol. The first-order valence-electron chi connectivity index (χ1n) is 7.40. The maximum absolute atomic E-state index is 11.8. The van der Waals surface area contributed by atoms with E-state index in [0.29, 0.717) is 17.1 Å². The van der Waals surface area contributed by atoms with E-state index in [2.05, 4.69) is 4.98 Å². The number of anilines is 1. The zero-order chi connectivity index (χ0) is 16.6. The Morgan fingerprint density at radius 1 is 1.09 bits per heavy atom. The van der Waals surface area contributed by atoms with Gasteiger partial charge in [0.15, 0.2) is 5.78 Å². The lowest BCUT2D eigenvalue weighted by molar-refractivity contribution is 0.101. The van der Waals surface area contributed by atoms with Gasteiger partial charge in [0.2, 0.25) is 0 Å². The first-order valence-corrected chi connectivity index (χ1v) is 7.40. The topological polar surface area (TPSA) is 65.2 Å². The van der Waals surface area contributed by atoms with E-state index in [0.717, 1.165) is 27.7 Å². The highest BCUT2D eigenvalue weighted by molar-refractivity contribution is 6.00. The van der Waals surface area contributed by atoms with Gasteiger partial charge >= 0.3 is 0 Å². The van der Waals surface area contributed by atoms with Crippen molar-refractivity contribution in [2.45, 2.75) is 20.8 Å². The molecule has 116 valence electrons. The molecule has 4 heteroatoms. The van der Waals surface area contributed by atoms with Gasteiger partial charge in [-0.25, -0.2) is 0 Å². The van der Waals surface area contributed by atoms with Crippen molar-refractivity contribution in [2.24, 2.45) is 0 Å². The lowest BCUT2D eigenvalue weighted by Gasteiger charge is -2.12. The fraction of sp³-hybridized carbons (Fsp3) is 0.158. The van der Waals surface area contributed by atoms with Gasteiger partial charge in [0.25, 0.3) is 0 Å². The molecule has 2 N–H and O–H groups in total. The van der Waals surface area contributed by atoms with Crippen molar-refractivity contribution < 1.29 is 9.53 Å². The number of nitrogens with zero attached hydrogens (tertiary/aromatic N) is 1. The zero-order valence-corrected chi connectivity index (χ0v) is 13.4. The molecule has 1 aromatic heterocycles. The molecule has 3 rings (SSSR count). The summed E-state index contributed by atoms with van der Waals surface area (Å²) in [6, 6.07) is 11.1. The minimum Gasteiger partial charge on any atom is -0.457 e. The second-order valence-electron chi connectivity index (χ2n) is 5.67. The summed E-state index contributed by atoms with van der Waals surface area (Å²) in [7, 11) is 0. The first kappa shape index (κ1) is 15.0. The van der Waals surface area contributed by atoms with Crippen LogP contribution in [0, 0.1) is 13.8 Å². The summed E-state index contributed by atoms with van der Waals surface area (Å²) in [5.74, 6) is 1.40. The average molecular weight is 306 g/mol. The lowest BCUT2D eigenvalue weighted by Crippen LogP contribution is -1.98. The SMILES string of the molecule is CC(=O)c1cc2c(Oc3ccc(N)c(C)c3)ccnc2cc1C. The number of benzene rings is 2. The number of Topliss-reactive ketones (excluding diaryl/α,β-unsaturated/α-hetero) is 1. The summed E-state index contributed by atoms with van der Waals surface area (Å²) in [5.41, 5.74) is 9.93. The smallest absolute Gasteiger partial charge is 0.160 e. The Hall–Kier alpha value is -2.88. The van der Waals surface area contributed by atoms with E-state index < -0.39 is 0 Å². The number of nitrogens with two attached hydrogens (primary N) is 1. The molecule has 2 aromatic carbocycles. The van der Waals surface area contributed by atoms with Crippen molar-refractivity contribution in [1.29, 1.82) is 0 Å². The van der Waals surface area contributed by atoms with E-state index in [1.807, 2.05) is 44.2 Å². The highest BCUT2D eigenvalue weighted by Gasteiger charge is 2.11. The number of ether oxygens (including phenoxy) is 1. The normalized spacial score (nSPS) is 10.7. The fourth-order valence-corrected chi connectivity index (χ4v) is 2.58. The van der Waals surface area contributed by atoms with Crippen LogP contribution in [-0.4, -0.2) is 10.8 Å². The number of hydrogen-bond acceptors (Lipinski definition) is 4. The number of aromatic nitrogens is 1. The van der Waals surface area contributed by atoms with Gasteiger partial charge in [-0.15, -0.1) is 0 Å². The number of nitrogen functional groups attached to an aromatic ring is 1. The molecule has 0 aliphatic rings. The van der Waals surface area contributed by atoms with Crippen molar-refractivity contribution in [3.05, 3.63) is 59.3 Å². The van der Waals surface area contributed by atoms with Gasteiger partial charge in [-0.05, 0) is 68.3 Å². The molecule has 0 bridgehead atoms. The van der Waals surface area contributed by atoms with Crippen LogP contribution in [0.25, 0.3) is 10.9 Å². The third-order valence-corrected chi connectivity index (χ3v) is 3.90. The number of hydrogen-bond donors (Lipinski definition) is 1. The van der Waals surface area contributed by atoms with Crippen molar-refractivity contribution >= 4 is 22.4 Å². The molecule has 0 saturated heterocycles. The second-order valence-corrected chi connectivity index (χ2v) is 5.67. The fourth-order valence-electron chi connectivity index (χ4n) is 2.58. The molecule has 3 aromatic rings. The van der Waals surface area contributed by atoms with Crippen molar-refractivity contribution in [3.63, 3.8) is 0 Å². The standard InChI is InChI=1S/C19H18N2O2/c1-11-9-18-16(10-15(11)13(3)22)19(6-7-21-18)23-14-4-5-17(20)12(2)8-14/h4-10H,20H2,1-3H3. The molecule has 0 atom stereocenters. The van der Waals surface area contributed by atoms with Crippen LogP contribution in [0.1, 0.15) is 28.4 Å². The van der Waals surface area contributed by atoms with E-state index in [9.17, 15) is 4.79 Å². The Balaban J connectivity index is 2.11. The summed E-state index contributed by atoms with van der Waals surface area (Å²) >= 11 is 0. The summed E-state index contributed by atoms with van der Waals surface area (Å²) in [6.07, 6.45) is 1.70. The van der Waals surface area contributed by atoms with Crippen LogP contribution in [0.2, 0.25) is 0 Å². The van der Waals surface area contributed by atoms with E-state index in [-0.39, 0.29) is 5.78 Å². The molecule has 23 heavy (non-hydrogen) atoms. The predicted molar refractivity (Wildman–Crippen MR) is 92.1 cm³/mol. The molecular weight excluding hydrogens is 288 g/mol. The number of carbonyl (C=O) groups excluding carboxylic acids is 1. The number of rotatable bonds is 3. The largest absolute Gasteiger partial charge is 0.457 e. The first-order chi connectivity index (χ1) is 11.0. The average Bonchev–Trinajstić information content (AvgIpc) is 2.50. The highest BCUT2D eigenvalue weighted by atomic mass is 16.5. The van der Waals surface area contributed by atoms with Crippen molar-refractivity contribution in [1.82, 2.24) is 4.98 Å². The van der Waals surface area contributed by atoms with Crippen LogP contribution in [-0.2, 0) is 0 Å². The highest BCUT2D eigenvalue weighted by Crippen LogP contribution is 2.31. The van der Waals surface area contributed by atoms with Crippen molar-refractivity contribution in [3.8, 4) is 11.5 Å². The van der Waals surface area contributed by atoms with Gasteiger partial charge in [-0.2, -0.15) is 0 Å². The molecule has 0 radical (unpaired) electrons. The lowest BCUT2D eigenvalue weighted by atomic mass is 10.0. The van der Waals surface area contributed by atoms with Crippen LogP contribution >= 0.6 is 0 Å². The van der Waals surface area contributed by atoms with Crippen LogP contribution in [0.4, 0.5) is 5.69 Å². The Labute approximate surface area is 134 Å². The molecule has 0 spiro atoms. The van der Waals surface area contributed by atoms with Crippen LogP contribution in [0.3, 0.4) is 0 Å². The number of fused-ring (bicyclic) bond motifs is 1. The molecule has 0 fully saturated rings. The van der Waals surface area contributed by atoms with Gasteiger partial charge < -0.3 is 10.5 Å². The van der Waals surface area contributed by atoms with Crippen molar-refractivity contribution in [2.75, 3.05) is 5.73 Å². The number of aryl methyl sites for hydroxylation is 2. The van der Waals surface area contributed by atoms with Gasteiger partial charge in [0, 0.05) is 22.8 Å². The van der Waals surface area contributed by atoms with E-state index in [1.54, 1.807) is 19.2 Å². The molecule has 0 amide bonds. The van der Waals surface area contributed by atoms with Crippen LogP contribution in [0.5, 0.6) is 11.5 Å². The molecule has 0 saturated carbocycles. The molecule has 1 heterocycles. The molecular formula is C19H18N2O2. The van der Waals surface area contributed by atoms with Gasteiger partial charge in [-0.3, -0.25) is 9.78 Å². The summed E-state index contributed by atoms with van der Waals surface area (Å²) in [6.45, 7) is 5.41. The van der Waals surface area contributed by atoms with Gasteiger partial charge in [0.1, 0.15) is 11.5 Å². The molecule has 0 aliphatic carbocycles. The minimum absolute atomic E-state index is 0.0301. The summed E-state index contributed by atoms with van der Waals surface area (Å²) in [5, 5.41) is 0.817. The van der Waals surface area contributed by atoms with E-state index >= 15 is 0 Å². The van der Waals surface area contributed by atoms with E-state index in [1.165, 1.54) is 0 Å². The Bertz CT molecular complexity index is 917. The predicted octanol–water partition coefficient (Wildman–Crippen LogP) is 4.43. The summed E-state index contributed by atoms with van der Waals surface area (Å²) < 4.78 is 6.00. The number of carbonyl (C=O) groups is 1. The van der Waals surface area contributed by atoms with Gasteiger partial charge in [-0.1, -0.05) is 0 Å². The minimum atomic E-state index is 0.0301. The molecule has 0 unspecified atom stereocenters. The number of pyridine rings is 1. The maximum atomic E-state index is 11.8. The quantitative estimate of drug-likeness (QED) is 0.574. The Kier molecular flexibility index (Phi) is 3.74.